The Balaban J connectivity index is 2.15. The molecule has 0 aromatic heterocycles. The molecule has 1 heterocycles. The van der Waals surface area contributed by atoms with Crippen LogP contribution in [0, 0.1) is 0 Å². The lowest BCUT2D eigenvalue weighted by Gasteiger charge is -2.27. The molecular weight excluding hydrogens is 244 g/mol. The smallest absolute Gasteiger partial charge is 0.236 e. The van der Waals surface area contributed by atoms with Crippen LogP contribution in [-0.2, 0) is 11.3 Å². The summed E-state index contributed by atoms with van der Waals surface area (Å²) in [7, 11) is 0. The van der Waals surface area contributed by atoms with E-state index in [9.17, 15) is 4.79 Å². The first-order valence-electron chi connectivity index (χ1n) is 6.50. The van der Waals surface area contributed by atoms with Gasteiger partial charge in [0.25, 0.3) is 0 Å². The van der Waals surface area contributed by atoms with Gasteiger partial charge in [-0.3, -0.25) is 4.79 Å². The van der Waals surface area contributed by atoms with Gasteiger partial charge in [-0.05, 0) is 31.5 Å². The summed E-state index contributed by atoms with van der Waals surface area (Å²) in [5.74, 6) is 1.45. The fraction of sp³-hybridized carbons (Fsp3) is 0.500. The van der Waals surface area contributed by atoms with Crippen LogP contribution >= 0.6 is 0 Å². The van der Waals surface area contributed by atoms with Crippen molar-refractivity contribution in [2.45, 2.75) is 26.4 Å². The molecule has 0 unspecified atom stereocenters. The molecule has 0 aliphatic carbocycles. The Hall–Kier alpha value is -1.75. The second-order valence-corrected chi connectivity index (χ2v) is 4.80. The molecule has 1 aliphatic heterocycles. The Morgan fingerprint density at radius 1 is 1.32 bits per heavy atom. The zero-order valence-electron chi connectivity index (χ0n) is 11.4. The molecule has 2 N–H and O–H groups in total. The predicted molar refractivity (Wildman–Crippen MR) is 72.2 cm³/mol. The number of nitrogens with zero attached hydrogens (tertiary/aromatic N) is 1. The Morgan fingerprint density at radius 3 is 2.63 bits per heavy atom. The molecule has 0 saturated carbocycles. The molecule has 1 aromatic carbocycles. The van der Waals surface area contributed by atoms with E-state index in [2.05, 4.69) is 0 Å². The average Bonchev–Trinajstić information content (AvgIpc) is 2.43. The highest BCUT2D eigenvalue weighted by molar-refractivity contribution is 5.78. The van der Waals surface area contributed by atoms with E-state index in [-0.39, 0.29) is 18.5 Å². The van der Waals surface area contributed by atoms with Crippen LogP contribution in [0.4, 0.5) is 0 Å². The zero-order chi connectivity index (χ0) is 13.8. The SMILES string of the molecule is CC(C)N(Cc1ccc2c(c1)OCCO2)C(=O)CN. The summed E-state index contributed by atoms with van der Waals surface area (Å²) in [5, 5.41) is 0. The van der Waals surface area contributed by atoms with Crippen LogP contribution in [0.1, 0.15) is 19.4 Å². The van der Waals surface area contributed by atoms with Crippen LogP contribution < -0.4 is 15.2 Å². The van der Waals surface area contributed by atoms with E-state index >= 15 is 0 Å². The number of carbonyl (C=O) groups excluding carboxylic acids is 1. The molecular formula is C14H20N2O3. The first kappa shape index (κ1) is 13.7. The maximum atomic E-state index is 11.8. The Morgan fingerprint density at radius 2 is 2.00 bits per heavy atom. The van der Waals surface area contributed by atoms with Gasteiger partial charge >= 0.3 is 0 Å². The average molecular weight is 264 g/mol. The molecule has 0 radical (unpaired) electrons. The molecule has 104 valence electrons. The number of nitrogens with two attached hydrogens (primary N) is 1. The van der Waals surface area contributed by atoms with E-state index < -0.39 is 0 Å². The number of carbonyl (C=O) groups is 1. The van der Waals surface area contributed by atoms with E-state index in [0.29, 0.717) is 19.8 Å². The van der Waals surface area contributed by atoms with Crippen molar-refractivity contribution in [1.29, 1.82) is 0 Å². The highest BCUT2D eigenvalue weighted by atomic mass is 16.6. The van der Waals surface area contributed by atoms with Crippen LogP contribution in [0.25, 0.3) is 0 Å². The van der Waals surface area contributed by atoms with Gasteiger partial charge in [0.1, 0.15) is 13.2 Å². The summed E-state index contributed by atoms with van der Waals surface area (Å²) in [4.78, 5) is 13.5. The fourth-order valence-corrected chi connectivity index (χ4v) is 2.06. The number of fused-ring (bicyclic) bond motifs is 1. The highest BCUT2D eigenvalue weighted by Gasteiger charge is 2.18. The quantitative estimate of drug-likeness (QED) is 0.886. The van der Waals surface area contributed by atoms with Crippen LogP contribution in [0.3, 0.4) is 0 Å². The first-order valence-corrected chi connectivity index (χ1v) is 6.50. The number of amides is 1. The third-order valence-corrected chi connectivity index (χ3v) is 3.08. The third-order valence-electron chi connectivity index (χ3n) is 3.08. The largest absolute Gasteiger partial charge is 0.486 e. The van der Waals surface area contributed by atoms with E-state index in [4.69, 9.17) is 15.2 Å². The van der Waals surface area contributed by atoms with Crippen molar-refractivity contribution in [2.75, 3.05) is 19.8 Å². The van der Waals surface area contributed by atoms with Gasteiger partial charge in [-0.25, -0.2) is 0 Å². The van der Waals surface area contributed by atoms with Gasteiger partial charge in [-0.2, -0.15) is 0 Å². The van der Waals surface area contributed by atoms with Crippen molar-refractivity contribution in [1.82, 2.24) is 4.90 Å². The van der Waals surface area contributed by atoms with Crippen molar-refractivity contribution in [3.8, 4) is 11.5 Å². The summed E-state index contributed by atoms with van der Waals surface area (Å²) >= 11 is 0. The second-order valence-electron chi connectivity index (χ2n) is 4.80. The summed E-state index contributed by atoms with van der Waals surface area (Å²) < 4.78 is 11.0. The number of hydrogen-bond acceptors (Lipinski definition) is 4. The number of benzene rings is 1. The van der Waals surface area contributed by atoms with Crippen molar-refractivity contribution >= 4 is 5.91 Å². The summed E-state index contributed by atoms with van der Waals surface area (Å²) in [6, 6.07) is 5.87. The fourth-order valence-electron chi connectivity index (χ4n) is 2.06. The monoisotopic (exact) mass is 264 g/mol. The standard InChI is InChI=1S/C14H20N2O3/c1-10(2)16(14(17)8-15)9-11-3-4-12-13(7-11)19-6-5-18-12/h3-4,7,10H,5-6,8-9,15H2,1-2H3. The molecule has 1 aliphatic rings. The molecule has 19 heavy (non-hydrogen) atoms. The van der Waals surface area contributed by atoms with Gasteiger partial charge in [-0.1, -0.05) is 6.07 Å². The normalized spacial score (nSPS) is 13.5. The molecule has 5 nitrogen and oxygen atoms in total. The summed E-state index contributed by atoms with van der Waals surface area (Å²) in [6.45, 7) is 5.66. The van der Waals surface area contributed by atoms with Gasteiger partial charge in [-0.15, -0.1) is 0 Å². The lowest BCUT2D eigenvalue weighted by atomic mass is 10.1. The van der Waals surface area contributed by atoms with Crippen molar-refractivity contribution in [3.05, 3.63) is 23.8 Å². The zero-order valence-corrected chi connectivity index (χ0v) is 11.4. The maximum absolute atomic E-state index is 11.8. The van der Waals surface area contributed by atoms with Gasteiger partial charge in [0.15, 0.2) is 11.5 Å². The van der Waals surface area contributed by atoms with Gasteiger partial charge in [0.05, 0.1) is 6.54 Å². The van der Waals surface area contributed by atoms with E-state index in [1.54, 1.807) is 4.90 Å². The predicted octanol–water partition coefficient (Wildman–Crippen LogP) is 1.15. The molecule has 0 bridgehead atoms. The van der Waals surface area contributed by atoms with Gasteiger partial charge in [0, 0.05) is 12.6 Å². The molecule has 1 amide bonds. The Labute approximate surface area is 113 Å². The van der Waals surface area contributed by atoms with Crippen LogP contribution in [-0.4, -0.2) is 36.6 Å². The molecule has 1 aromatic rings. The van der Waals surface area contributed by atoms with E-state index in [1.165, 1.54) is 0 Å². The minimum atomic E-state index is -0.0510. The first-order chi connectivity index (χ1) is 9.11. The topological polar surface area (TPSA) is 64.8 Å². The van der Waals surface area contributed by atoms with Gasteiger partial charge in [0.2, 0.25) is 5.91 Å². The molecule has 0 atom stereocenters. The molecule has 5 heteroatoms. The van der Waals surface area contributed by atoms with Crippen LogP contribution in [0.15, 0.2) is 18.2 Å². The van der Waals surface area contributed by atoms with Crippen molar-refractivity contribution < 1.29 is 14.3 Å². The Bertz CT molecular complexity index is 460. The number of hydrogen-bond donors (Lipinski definition) is 1. The van der Waals surface area contributed by atoms with Gasteiger partial charge < -0.3 is 20.1 Å². The van der Waals surface area contributed by atoms with Crippen molar-refractivity contribution in [3.63, 3.8) is 0 Å². The van der Waals surface area contributed by atoms with E-state index in [0.717, 1.165) is 17.1 Å². The number of ether oxygens (including phenoxy) is 2. The Kier molecular flexibility index (Phi) is 4.27. The summed E-state index contributed by atoms with van der Waals surface area (Å²) in [6.07, 6.45) is 0. The highest BCUT2D eigenvalue weighted by Crippen LogP contribution is 2.31. The molecule has 0 saturated heterocycles. The maximum Gasteiger partial charge on any atom is 0.236 e. The minimum absolute atomic E-state index is 0.0305. The lowest BCUT2D eigenvalue weighted by molar-refractivity contribution is -0.132. The molecule has 2 rings (SSSR count). The molecule has 0 spiro atoms. The lowest BCUT2D eigenvalue weighted by Crippen LogP contribution is -2.40. The van der Waals surface area contributed by atoms with Crippen molar-refractivity contribution in [2.24, 2.45) is 5.73 Å². The molecule has 0 fully saturated rings. The van der Waals surface area contributed by atoms with Crippen LogP contribution in [0.2, 0.25) is 0 Å². The van der Waals surface area contributed by atoms with Crippen LogP contribution in [0.5, 0.6) is 11.5 Å². The minimum Gasteiger partial charge on any atom is -0.486 e. The van der Waals surface area contributed by atoms with E-state index in [1.807, 2.05) is 32.0 Å². The number of rotatable bonds is 4. The second kappa shape index (κ2) is 5.93. The summed E-state index contributed by atoms with van der Waals surface area (Å²) in [5.41, 5.74) is 6.45. The third kappa shape index (κ3) is 3.17.